The van der Waals surface area contributed by atoms with Gasteiger partial charge in [0.25, 0.3) is 0 Å². The van der Waals surface area contributed by atoms with Gasteiger partial charge in [-0.15, -0.1) is 0 Å². The molecule has 3 aromatic rings. The smallest absolute Gasteiger partial charge is 0.0120 e. The number of aryl methyl sites for hydroxylation is 3. The fraction of sp³-hybridized carbons (Fsp3) is 0.250. The Morgan fingerprint density at radius 2 is 1.21 bits per heavy atom. The van der Waals surface area contributed by atoms with Gasteiger partial charge >= 0.3 is 0 Å². The predicted molar refractivity (Wildman–Crippen MR) is 104 cm³/mol. The number of rotatable bonds is 7. The van der Waals surface area contributed by atoms with Crippen molar-refractivity contribution in [2.24, 2.45) is 0 Å². The van der Waals surface area contributed by atoms with E-state index in [9.17, 15) is 0 Å². The Labute approximate surface area is 146 Å². The highest BCUT2D eigenvalue weighted by molar-refractivity contribution is 5.71. The van der Waals surface area contributed by atoms with Crippen molar-refractivity contribution in [3.63, 3.8) is 0 Å². The average Bonchev–Trinajstić information content (AvgIpc) is 2.64. The van der Waals surface area contributed by atoms with Crippen LogP contribution in [0.4, 0.5) is 0 Å². The molecule has 0 heteroatoms. The summed E-state index contributed by atoms with van der Waals surface area (Å²) in [4.78, 5) is 0. The molecule has 3 rings (SSSR count). The number of benzene rings is 3. The van der Waals surface area contributed by atoms with E-state index in [2.05, 4.69) is 85.8 Å². The molecule has 0 aromatic heterocycles. The summed E-state index contributed by atoms with van der Waals surface area (Å²) in [7, 11) is 0. The summed E-state index contributed by atoms with van der Waals surface area (Å²) in [5.41, 5.74) is 7.23. The molecule has 0 aliphatic heterocycles. The summed E-state index contributed by atoms with van der Waals surface area (Å²) in [5.74, 6) is 0. The molecule has 0 N–H and O–H groups in total. The van der Waals surface area contributed by atoms with Crippen LogP contribution in [-0.2, 0) is 19.3 Å². The van der Waals surface area contributed by atoms with Gasteiger partial charge < -0.3 is 0 Å². The summed E-state index contributed by atoms with van der Waals surface area (Å²) in [6.07, 6.45) is 5.81. The fourth-order valence-electron chi connectivity index (χ4n) is 3.44. The van der Waals surface area contributed by atoms with Crippen LogP contribution in [0.1, 0.15) is 36.5 Å². The molecule has 122 valence electrons. The quantitative estimate of drug-likeness (QED) is 0.468. The molecule has 3 aromatic carbocycles. The Kier molecular flexibility index (Phi) is 5.85. The van der Waals surface area contributed by atoms with Gasteiger partial charge in [0.2, 0.25) is 0 Å². The zero-order valence-corrected chi connectivity index (χ0v) is 14.5. The molecule has 0 spiro atoms. The lowest BCUT2D eigenvalue weighted by atomic mass is 9.89. The van der Waals surface area contributed by atoms with E-state index in [0.717, 1.165) is 19.3 Å². The second-order valence-electron chi connectivity index (χ2n) is 6.41. The third kappa shape index (κ3) is 4.14. The third-order valence-electron chi connectivity index (χ3n) is 4.57. The van der Waals surface area contributed by atoms with E-state index in [-0.39, 0.29) is 0 Å². The lowest BCUT2D eigenvalue weighted by molar-refractivity contribution is 0.818. The minimum absolute atomic E-state index is 1.14. The molecule has 0 bridgehead atoms. The molecule has 0 fully saturated rings. The third-order valence-corrected chi connectivity index (χ3v) is 4.57. The first-order valence-electron chi connectivity index (χ1n) is 9.08. The standard InChI is InChI=1S/C24H26/c1-2-11-21-18-10-19-23(24(21)22-15-7-4-8-16-22)17-9-14-20-12-5-3-6-13-20/h3-8,10,12-13,15-16,18-19H,2,9,11,14,17H2,1H3. The number of hydrogen-bond donors (Lipinski definition) is 0. The molecule has 24 heavy (non-hydrogen) atoms. The highest BCUT2D eigenvalue weighted by atomic mass is 14.1. The van der Waals surface area contributed by atoms with Gasteiger partial charge in [-0.3, -0.25) is 0 Å². The average molecular weight is 314 g/mol. The van der Waals surface area contributed by atoms with E-state index >= 15 is 0 Å². The van der Waals surface area contributed by atoms with Crippen LogP contribution in [0.2, 0.25) is 0 Å². The van der Waals surface area contributed by atoms with Crippen LogP contribution in [0.3, 0.4) is 0 Å². The maximum atomic E-state index is 2.31. The molecule has 0 atom stereocenters. The molecular weight excluding hydrogens is 288 g/mol. The second-order valence-corrected chi connectivity index (χ2v) is 6.41. The minimum atomic E-state index is 1.14. The van der Waals surface area contributed by atoms with Gasteiger partial charge in [-0.05, 0) is 53.5 Å². The Hall–Kier alpha value is -2.34. The molecule has 0 aliphatic rings. The Bertz CT molecular complexity index is 742. The van der Waals surface area contributed by atoms with Gasteiger partial charge in [-0.25, -0.2) is 0 Å². The van der Waals surface area contributed by atoms with Crippen molar-refractivity contribution >= 4 is 0 Å². The van der Waals surface area contributed by atoms with Crippen LogP contribution < -0.4 is 0 Å². The van der Waals surface area contributed by atoms with Gasteiger partial charge in [-0.1, -0.05) is 92.2 Å². The summed E-state index contributed by atoms with van der Waals surface area (Å²) < 4.78 is 0. The molecule has 0 nitrogen and oxygen atoms in total. The number of hydrogen-bond acceptors (Lipinski definition) is 0. The summed E-state index contributed by atoms with van der Waals surface area (Å²) in [6, 6.07) is 28.5. The van der Waals surface area contributed by atoms with Crippen LogP contribution in [-0.4, -0.2) is 0 Å². The first-order chi connectivity index (χ1) is 11.9. The predicted octanol–water partition coefficient (Wildman–Crippen LogP) is 6.48. The zero-order chi connectivity index (χ0) is 16.6. The van der Waals surface area contributed by atoms with Crippen LogP contribution in [0.5, 0.6) is 0 Å². The van der Waals surface area contributed by atoms with Crippen molar-refractivity contribution in [1.29, 1.82) is 0 Å². The van der Waals surface area contributed by atoms with Crippen molar-refractivity contribution < 1.29 is 0 Å². The highest BCUT2D eigenvalue weighted by Gasteiger charge is 2.10. The molecule has 0 saturated carbocycles. The normalized spacial score (nSPS) is 10.7. The van der Waals surface area contributed by atoms with Crippen LogP contribution >= 0.6 is 0 Å². The maximum Gasteiger partial charge on any atom is -0.0120 e. The molecule has 0 aliphatic carbocycles. The van der Waals surface area contributed by atoms with E-state index in [0.29, 0.717) is 0 Å². The van der Waals surface area contributed by atoms with E-state index < -0.39 is 0 Å². The van der Waals surface area contributed by atoms with Crippen molar-refractivity contribution in [2.75, 3.05) is 0 Å². The molecule has 0 heterocycles. The lowest BCUT2D eigenvalue weighted by Gasteiger charge is -2.15. The Morgan fingerprint density at radius 3 is 1.88 bits per heavy atom. The topological polar surface area (TPSA) is 0 Å². The molecular formula is C24H26. The first kappa shape index (κ1) is 16.5. The Balaban J connectivity index is 1.83. The summed E-state index contributed by atoms with van der Waals surface area (Å²) in [6.45, 7) is 2.26. The Morgan fingerprint density at radius 1 is 0.583 bits per heavy atom. The van der Waals surface area contributed by atoms with E-state index in [1.54, 1.807) is 0 Å². The van der Waals surface area contributed by atoms with E-state index in [4.69, 9.17) is 0 Å². The monoisotopic (exact) mass is 314 g/mol. The zero-order valence-electron chi connectivity index (χ0n) is 14.5. The van der Waals surface area contributed by atoms with Crippen LogP contribution in [0, 0.1) is 0 Å². The van der Waals surface area contributed by atoms with Gasteiger partial charge in [0, 0.05) is 0 Å². The van der Waals surface area contributed by atoms with Crippen LogP contribution in [0.25, 0.3) is 11.1 Å². The largest absolute Gasteiger partial charge is 0.0651 e. The first-order valence-corrected chi connectivity index (χ1v) is 9.08. The lowest BCUT2D eigenvalue weighted by Crippen LogP contribution is -1.98. The molecule has 0 radical (unpaired) electrons. The van der Waals surface area contributed by atoms with Gasteiger partial charge in [0.15, 0.2) is 0 Å². The van der Waals surface area contributed by atoms with Crippen molar-refractivity contribution in [3.8, 4) is 11.1 Å². The second kappa shape index (κ2) is 8.49. The van der Waals surface area contributed by atoms with E-state index in [1.807, 2.05) is 0 Å². The maximum absolute atomic E-state index is 2.31. The fourth-order valence-corrected chi connectivity index (χ4v) is 3.44. The van der Waals surface area contributed by atoms with Gasteiger partial charge in [-0.2, -0.15) is 0 Å². The van der Waals surface area contributed by atoms with Gasteiger partial charge in [0.05, 0.1) is 0 Å². The van der Waals surface area contributed by atoms with Crippen molar-refractivity contribution in [1.82, 2.24) is 0 Å². The van der Waals surface area contributed by atoms with Gasteiger partial charge in [0.1, 0.15) is 0 Å². The minimum Gasteiger partial charge on any atom is -0.0651 e. The van der Waals surface area contributed by atoms with Crippen molar-refractivity contribution in [3.05, 3.63) is 95.6 Å². The SMILES string of the molecule is CCCc1cccc(CCCc2ccccc2)c1-c1ccccc1. The molecule has 0 unspecified atom stereocenters. The van der Waals surface area contributed by atoms with E-state index in [1.165, 1.54) is 40.7 Å². The molecule has 0 saturated heterocycles. The summed E-state index contributed by atoms with van der Waals surface area (Å²) >= 11 is 0. The molecule has 0 amide bonds. The van der Waals surface area contributed by atoms with Crippen LogP contribution in [0.15, 0.2) is 78.9 Å². The summed E-state index contributed by atoms with van der Waals surface area (Å²) in [5, 5.41) is 0. The highest BCUT2D eigenvalue weighted by Crippen LogP contribution is 2.30. The van der Waals surface area contributed by atoms with Crippen molar-refractivity contribution in [2.45, 2.75) is 39.0 Å².